The van der Waals surface area contributed by atoms with Crippen LogP contribution in [0.25, 0.3) is 0 Å². The van der Waals surface area contributed by atoms with Crippen LogP contribution < -0.4 is 0 Å². The Bertz CT molecular complexity index is 485. The SMILES string of the molecule is C=C/C=C(C)\C=C/C.C=C1CC(CCCCCCCCC)C(=N)N1CCC. The standard InChI is InChI=1S/C17H32N2.C8H12/c1-4-6-7-8-9-10-11-12-16-14-15(3)19(13-5-2)17(16)18;1-4-6-8(3)7-5-2/h16,18H,3-14H2,1-2H3;4-7H,1H2,2-3H3/b;7-5-,8-6-. The second-order valence-electron chi connectivity index (χ2n) is 7.56. The fourth-order valence-electron chi connectivity index (χ4n) is 3.48. The molecule has 0 spiro atoms. The Morgan fingerprint density at radius 3 is 2.30 bits per heavy atom. The molecule has 0 bridgehead atoms. The number of allylic oxidation sites excluding steroid dienone is 6. The molecule has 1 unspecified atom stereocenters. The molecule has 154 valence electrons. The van der Waals surface area contributed by atoms with Gasteiger partial charge in [0.1, 0.15) is 5.84 Å². The second-order valence-corrected chi connectivity index (χ2v) is 7.56. The minimum Gasteiger partial charge on any atom is -0.334 e. The van der Waals surface area contributed by atoms with Gasteiger partial charge in [0.05, 0.1) is 0 Å². The fraction of sp³-hybridized carbons (Fsp3) is 0.640. The molecule has 1 rings (SSSR count). The number of rotatable bonds is 12. The van der Waals surface area contributed by atoms with Crippen molar-refractivity contribution in [2.24, 2.45) is 5.92 Å². The minimum absolute atomic E-state index is 0.453. The van der Waals surface area contributed by atoms with Gasteiger partial charge >= 0.3 is 0 Å². The Balaban J connectivity index is 0.000000713. The molecule has 0 aromatic carbocycles. The predicted octanol–water partition coefficient (Wildman–Crippen LogP) is 8.04. The molecule has 2 heteroatoms. The van der Waals surface area contributed by atoms with E-state index in [0.717, 1.165) is 25.2 Å². The van der Waals surface area contributed by atoms with Gasteiger partial charge in [0.25, 0.3) is 0 Å². The Morgan fingerprint density at radius 1 is 1.11 bits per heavy atom. The zero-order chi connectivity index (χ0) is 20.5. The molecule has 0 aromatic heterocycles. The summed E-state index contributed by atoms with van der Waals surface area (Å²) in [7, 11) is 0. The van der Waals surface area contributed by atoms with E-state index in [0.29, 0.717) is 5.92 Å². The molecule has 0 radical (unpaired) electrons. The number of amidine groups is 1. The van der Waals surface area contributed by atoms with Gasteiger partial charge in [-0.1, -0.05) is 102 Å². The first-order valence-electron chi connectivity index (χ1n) is 11.0. The quantitative estimate of drug-likeness (QED) is 0.272. The smallest absolute Gasteiger partial charge is 0.104 e. The number of nitrogens with zero attached hydrogens (tertiary/aromatic N) is 1. The Morgan fingerprint density at radius 2 is 1.74 bits per heavy atom. The van der Waals surface area contributed by atoms with Crippen molar-refractivity contribution in [1.82, 2.24) is 4.90 Å². The van der Waals surface area contributed by atoms with Crippen molar-refractivity contribution in [2.75, 3.05) is 6.54 Å². The van der Waals surface area contributed by atoms with E-state index >= 15 is 0 Å². The molecule has 1 fully saturated rings. The zero-order valence-corrected chi connectivity index (χ0v) is 18.5. The predicted molar refractivity (Wildman–Crippen MR) is 123 cm³/mol. The average molecular weight is 373 g/mol. The maximum absolute atomic E-state index is 8.23. The molecule has 1 heterocycles. The van der Waals surface area contributed by atoms with E-state index in [2.05, 4.69) is 31.9 Å². The first-order chi connectivity index (χ1) is 13.0. The van der Waals surface area contributed by atoms with Crippen molar-refractivity contribution >= 4 is 5.84 Å². The van der Waals surface area contributed by atoms with Crippen LogP contribution in [0.3, 0.4) is 0 Å². The number of hydrogen-bond acceptors (Lipinski definition) is 1. The molecule has 1 saturated heterocycles. The van der Waals surface area contributed by atoms with Gasteiger partial charge in [0.15, 0.2) is 0 Å². The summed E-state index contributed by atoms with van der Waals surface area (Å²) in [5.41, 5.74) is 2.40. The van der Waals surface area contributed by atoms with Crippen molar-refractivity contribution in [1.29, 1.82) is 5.41 Å². The molecule has 1 aliphatic heterocycles. The topological polar surface area (TPSA) is 27.1 Å². The van der Waals surface area contributed by atoms with Crippen LogP contribution in [0.1, 0.15) is 91.9 Å². The van der Waals surface area contributed by atoms with Crippen molar-refractivity contribution in [3.8, 4) is 0 Å². The molecule has 0 aromatic rings. The number of unbranched alkanes of at least 4 members (excludes halogenated alkanes) is 6. The summed E-state index contributed by atoms with van der Waals surface area (Å²) in [5.74, 6) is 1.28. The molecule has 0 saturated carbocycles. The van der Waals surface area contributed by atoms with Crippen LogP contribution in [0, 0.1) is 11.3 Å². The summed E-state index contributed by atoms with van der Waals surface area (Å²) >= 11 is 0. The van der Waals surface area contributed by atoms with Crippen molar-refractivity contribution in [3.05, 3.63) is 48.7 Å². The lowest BCUT2D eigenvalue weighted by Gasteiger charge is -2.19. The van der Waals surface area contributed by atoms with Crippen molar-refractivity contribution in [2.45, 2.75) is 91.9 Å². The molecular formula is C25H44N2. The second kappa shape index (κ2) is 16.6. The van der Waals surface area contributed by atoms with E-state index in [9.17, 15) is 0 Å². The lowest BCUT2D eigenvalue weighted by atomic mass is 9.98. The third kappa shape index (κ3) is 11.7. The molecule has 27 heavy (non-hydrogen) atoms. The van der Waals surface area contributed by atoms with Gasteiger partial charge in [-0.2, -0.15) is 0 Å². The first-order valence-corrected chi connectivity index (χ1v) is 11.0. The largest absolute Gasteiger partial charge is 0.334 e. The average Bonchev–Trinajstić information content (AvgIpc) is 2.90. The zero-order valence-electron chi connectivity index (χ0n) is 18.5. The molecule has 2 nitrogen and oxygen atoms in total. The van der Waals surface area contributed by atoms with Gasteiger partial charge in [-0.3, -0.25) is 5.41 Å². The van der Waals surface area contributed by atoms with Crippen LogP contribution in [0.4, 0.5) is 0 Å². The molecule has 1 atom stereocenters. The molecular weight excluding hydrogens is 328 g/mol. The van der Waals surface area contributed by atoms with Gasteiger partial charge in [0, 0.05) is 18.2 Å². The summed E-state index contributed by atoms with van der Waals surface area (Å²) in [5, 5.41) is 8.23. The third-order valence-electron chi connectivity index (χ3n) is 4.95. The number of hydrogen-bond donors (Lipinski definition) is 1. The van der Waals surface area contributed by atoms with E-state index in [4.69, 9.17) is 5.41 Å². The summed E-state index contributed by atoms with van der Waals surface area (Å²) in [6.07, 6.45) is 20.6. The molecule has 0 aliphatic carbocycles. The molecule has 1 N–H and O–H groups in total. The maximum atomic E-state index is 8.23. The summed E-state index contributed by atoms with van der Waals surface area (Å²) in [6.45, 7) is 17.1. The molecule has 1 aliphatic rings. The van der Waals surface area contributed by atoms with E-state index in [1.807, 2.05) is 32.1 Å². The van der Waals surface area contributed by atoms with Gasteiger partial charge in [-0.15, -0.1) is 0 Å². The maximum Gasteiger partial charge on any atom is 0.104 e. The van der Waals surface area contributed by atoms with E-state index in [1.54, 1.807) is 6.08 Å². The highest BCUT2D eigenvalue weighted by atomic mass is 15.2. The van der Waals surface area contributed by atoms with Gasteiger partial charge in [-0.25, -0.2) is 0 Å². The van der Waals surface area contributed by atoms with Gasteiger partial charge < -0.3 is 4.90 Å². The van der Waals surface area contributed by atoms with Crippen molar-refractivity contribution in [3.63, 3.8) is 0 Å². The van der Waals surface area contributed by atoms with E-state index in [-0.39, 0.29) is 0 Å². The van der Waals surface area contributed by atoms with Crippen molar-refractivity contribution < 1.29 is 0 Å². The third-order valence-corrected chi connectivity index (χ3v) is 4.95. The van der Waals surface area contributed by atoms with Gasteiger partial charge in [-0.05, 0) is 33.1 Å². The van der Waals surface area contributed by atoms with E-state index < -0.39 is 0 Å². The van der Waals surface area contributed by atoms with Gasteiger partial charge in [0.2, 0.25) is 0 Å². The highest BCUT2D eigenvalue weighted by Gasteiger charge is 2.29. The highest BCUT2D eigenvalue weighted by Crippen LogP contribution is 2.30. The normalized spacial score (nSPS) is 17.4. The summed E-state index contributed by atoms with van der Waals surface area (Å²) in [6, 6.07) is 0. The Kier molecular flexibility index (Phi) is 15.6. The van der Waals surface area contributed by atoms with Crippen LogP contribution >= 0.6 is 0 Å². The lowest BCUT2D eigenvalue weighted by molar-refractivity contribution is 0.518. The van der Waals surface area contributed by atoms with Crippen LogP contribution in [-0.2, 0) is 0 Å². The lowest BCUT2D eigenvalue weighted by Crippen LogP contribution is -2.26. The monoisotopic (exact) mass is 372 g/mol. The highest BCUT2D eigenvalue weighted by molar-refractivity contribution is 5.86. The first kappa shape index (κ1) is 25.4. The van der Waals surface area contributed by atoms with Crippen LogP contribution in [-0.4, -0.2) is 17.3 Å². The number of likely N-dealkylation sites (tertiary alicyclic amines) is 1. The van der Waals surface area contributed by atoms with Crippen LogP contribution in [0.15, 0.2) is 48.7 Å². The summed E-state index contributed by atoms with van der Waals surface area (Å²) in [4.78, 5) is 2.13. The number of nitrogens with one attached hydrogen (secondary N) is 1. The Hall–Kier alpha value is -1.57. The van der Waals surface area contributed by atoms with Crippen LogP contribution in [0.2, 0.25) is 0 Å². The Labute approximate surface area is 169 Å². The minimum atomic E-state index is 0.453. The van der Waals surface area contributed by atoms with Crippen LogP contribution in [0.5, 0.6) is 0 Å². The van der Waals surface area contributed by atoms with E-state index in [1.165, 1.54) is 62.6 Å². The fourth-order valence-corrected chi connectivity index (χ4v) is 3.48. The summed E-state index contributed by atoms with van der Waals surface area (Å²) < 4.78 is 0. The molecule has 0 amide bonds.